The molecule has 0 saturated carbocycles. The normalized spacial score (nSPS) is 11.1. The molecule has 0 aliphatic heterocycles. The molecule has 2 aromatic heterocycles. The lowest BCUT2D eigenvalue weighted by Gasteiger charge is -2.09. The number of nitro benzene ring substituents is 1. The zero-order valence-corrected chi connectivity index (χ0v) is 13.8. The first-order valence-corrected chi connectivity index (χ1v) is 7.91. The Morgan fingerprint density at radius 2 is 1.96 bits per heavy atom. The van der Waals surface area contributed by atoms with E-state index in [4.69, 9.17) is 9.15 Å². The summed E-state index contributed by atoms with van der Waals surface area (Å²) < 4.78 is 12.5. The number of rotatable bonds is 4. The number of fused-ring (bicyclic) bond motifs is 3. The van der Waals surface area contributed by atoms with E-state index in [-0.39, 0.29) is 12.2 Å². The van der Waals surface area contributed by atoms with Gasteiger partial charge < -0.3 is 13.7 Å². The van der Waals surface area contributed by atoms with Crippen molar-refractivity contribution >= 4 is 33.7 Å². The summed E-state index contributed by atoms with van der Waals surface area (Å²) in [7, 11) is 1.31. The average Bonchev–Trinajstić information content (AvgIpc) is 3.18. The van der Waals surface area contributed by atoms with Gasteiger partial charge in [-0.2, -0.15) is 0 Å². The van der Waals surface area contributed by atoms with Crippen LogP contribution in [-0.2, 0) is 11.3 Å². The van der Waals surface area contributed by atoms with Crippen LogP contribution in [0.15, 0.2) is 59.0 Å². The van der Waals surface area contributed by atoms with E-state index < -0.39 is 10.9 Å². The van der Waals surface area contributed by atoms with Crippen molar-refractivity contribution in [3.8, 4) is 0 Å². The van der Waals surface area contributed by atoms with Crippen LogP contribution < -0.4 is 0 Å². The summed E-state index contributed by atoms with van der Waals surface area (Å²) in [6, 6.07) is 15.5. The smallest absolute Gasteiger partial charge is 0.354 e. The van der Waals surface area contributed by atoms with Crippen molar-refractivity contribution in [3.05, 3.63) is 76.0 Å². The number of ether oxygens (including phenoxy) is 1. The summed E-state index contributed by atoms with van der Waals surface area (Å²) in [5.74, 6) is -0.495. The van der Waals surface area contributed by atoms with Gasteiger partial charge in [-0.3, -0.25) is 10.1 Å². The number of non-ortho nitro benzene ring substituents is 1. The molecule has 0 amide bonds. The number of hydrogen-bond acceptors (Lipinski definition) is 5. The molecule has 0 bridgehead atoms. The van der Waals surface area contributed by atoms with Gasteiger partial charge in [-0.05, 0) is 17.7 Å². The molecule has 4 aromatic rings. The first-order valence-electron chi connectivity index (χ1n) is 7.91. The van der Waals surface area contributed by atoms with Crippen LogP contribution in [0.2, 0.25) is 0 Å². The molecule has 26 heavy (non-hydrogen) atoms. The van der Waals surface area contributed by atoms with Crippen molar-refractivity contribution in [2.24, 2.45) is 0 Å². The van der Waals surface area contributed by atoms with Crippen LogP contribution in [0.4, 0.5) is 5.69 Å². The van der Waals surface area contributed by atoms with E-state index in [2.05, 4.69) is 0 Å². The summed E-state index contributed by atoms with van der Waals surface area (Å²) in [5, 5.41) is 11.9. The van der Waals surface area contributed by atoms with E-state index in [1.807, 2.05) is 24.3 Å². The van der Waals surface area contributed by atoms with Crippen LogP contribution in [0.5, 0.6) is 0 Å². The van der Waals surface area contributed by atoms with Gasteiger partial charge in [0.25, 0.3) is 5.69 Å². The second-order valence-corrected chi connectivity index (χ2v) is 5.85. The van der Waals surface area contributed by atoms with Gasteiger partial charge in [-0.15, -0.1) is 0 Å². The van der Waals surface area contributed by atoms with Crippen molar-refractivity contribution in [1.29, 1.82) is 0 Å². The summed E-state index contributed by atoms with van der Waals surface area (Å²) >= 11 is 0. The number of benzene rings is 2. The molecule has 4 rings (SSSR count). The largest absolute Gasteiger partial charge is 0.464 e. The molecule has 0 spiro atoms. The Kier molecular flexibility index (Phi) is 3.69. The monoisotopic (exact) mass is 350 g/mol. The predicted molar refractivity (Wildman–Crippen MR) is 95.2 cm³/mol. The van der Waals surface area contributed by atoms with E-state index in [9.17, 15) is 14.9 Å². The van der Waals surface area contributed by atoms with Crippen LogP contribution in [0, 0.1) is 10.1 Å². The highest BCUT2D eigenvalue weighted by Gasteiger charge is 2.21. The number of esters is 1. The van der Waals surface area contributed by atoms with Crippen LogP contribution in [-0.4, -0.2) is 22.6 Å². The fourth-order valence-corrected chi connectivity index (χ4v) is 3.14. The number of nitro groups is 1. The minimum atomic E-state index is -0.495. The SMILES string of the molecule is COC(=O)c1cc2oc3ccccc3c2n1Cc1cccc([N+](=O)[O-])c1. The molecule has 0 aliphatic rings. The number of furan rings is 1. The molecule has 2 aromatic carbocycles. The van der Waals surface area contributed by atoms with Crippen molar-refractivity contribution < 1.29 is 18.9 Å². The molecular weight excluding hydrogens is 336 g/mol. The molecule has 0 aliphatic carbocycles. The summed E-state index contributed by atoms with van der Waals surface area (Å²) in [6.45, 7) is 0.277. The minimum absolute atomic E-state index is 0.00238. The Balaban J connectivity index is 1.92. The Hall–Kier alpha value is -3.61. The van der Waals surface area contributed by atoms with Crippen LogP contribution in [0.1, 0.15) is 16.1 Å². The van der Waals surface area contributed by atoms with Gasteiger partial charge in [0.05, 0.1) is 17.5 Å². The van der Waals surface area contributed by atoms with Crippen molar-refractivity contribution in [2.45, 2.75) is 6.54 Å². The van der Waals surface area contributed by atoms with Crippen LogP contribution in [0.3, 0.4) is 0 Å². The second kappa shape index (κ2) is 6.03. The molecule has 0 N–H and O–H groups in total. The third-order valence-electron chi connectivity index (χ3n) is 4.28. The fraction of sp³-hybridized carbons (Fsp3) is 0.105. The topological polar surface area (TPSA) is 87.5 Å². The maximum atomic E-state index is 12.2. The molecule has 0 unspecified atom stereocenters. The van der Waals surface area contributed by atoms with Gasteiger partial charge >= 0.3 is 5.97 Å². The Labute approximate surface area is 147 Å². The van der Waals surface area contributed by atoms with Crippen molar-refractivity contribution in [1.82, 2.24) is 4.57 Å². The first kappa shape index (κ1) is 15.9. The lowest BCUT2D eigenvalue weighted by Crippen LogP contribution is -2.11. The number of nitrogens with zero attached hydrogens (tertiary/aromatic N) is 2. The molecule has 0 fully saturated rings. The number of carbonyl (C=O) groups excluding carboxylic acids is 1. The van der Waals surface area contributed by atoms with Gasteiger partial charge in [-0.25, -0.2) is 4.79 Å². The predicted octanol–water partition coefficient (Wildman–Crippen LogP) is 4.13. The number of para-hydroxylation sites is 1. The van der Waals surface area contributed by atoms with Gasteiger partial charge in [0.15, 0.2) is 5.58 Å². The Bertz CT molecular complexity index is 1160. The third-order valence-corrected chi connectivity index (χ3v) is 4.28. The second-order valence-electron chi connectivity index (χ2n) is 5.85. The van der Waals surface area contributed by atoms with E-state index >= 15 is 0 Å². The van der Waals surface area contributed by atoms with E-state index in [1.165, 1.54) is 19.2 Å². The Morgan fingerprint density at radius 1 is 1.15 bits per heavy atom. The maximum Gasteiger partial charge on any atom is 0.354 e. The molecule has 0 radical (unpaired) electrons. The lowest BCUT2D eigenvalue weighted by molar-refractivity contribution is -0.384. The zero-order valence-electron chi connectivity index (χ0n) is 13.8. The van der Waals surface area contributed by atoms with Gasteiger partial charge in [0.2, 0.25) is 0 Å². The number of hydrogen-bond donors (Lipinski definition) is 0. The van der Waals surface area contributed by atoms with Crippen LogP contribution in [0.25, 0.3) is 22.1 Å². The van der Waals surface area contributed by atoms with Gasteiger partial charge in [0, 0.05) is 30.1 Å². The number of aromatic nitrogens is 1. The van der Waals surface area contributed by atoms with E-state index in [0.29, 0.717) is 22.4 Å². The molecule has 0 atom stereocenters. The van der Waals surface area contributed by atoms with Crippen LogP contribution >= 0.6 is 0 Å². The first-order chi connectivity index (χ1) is 12.6. The lowest BCUT2D eigenvalue weighted by atomic mass is 10.2. The number of methoxy groups -OCH3 is 1. The highest BCUT2D eigenvalue weighted by atomic mass is 16.6. The summed E-state index contributed by atoms with van der Waals surface area (Å²) in [5.41, 5.74) is 3.07. The minimum Gasteiger partial charge on any atom is -0.464 e. The molecule has 0 saturated heterocycles. The fourth-order valence-electron chi connectivity index (χ4n) is 3.14. The molecular formula is C19H14N2O5. The van der Waals surface area contributed by atoms with Gasteiger partial charge in [-0.1, -0.05) is 24.3 Å². The maximum absolute atomic E-state index is 12.2. The molecule has 7 heteroatoms. The summed E-state index contributed by atoms with van der Waals surface area (Å²) in [4.78, 5) is 22.8. The Morgan fingerprint density at radius 3 is 2.73 bits per heavy atom. The zero-order chi connectivity index (χ0) is 18.3. The highest BCUT2D eigenvalue weighted by Crippen LogP contribution is 2.32. The highest BCUT2D eigenvalue weighted by molar-refractivity contribution is 6.06. The standard InChI is InChI=1S/C19H14N2O5/c1-25-19(22)15-10-17-18(14-7-2-3-8-16(14)26-17)20(15)11-12-5-4-6-13(9-12)21(23)24/h2-10H,11H2,1H3. The van der Waals surface area contributed by atoms with Crippen molar-refractivity contribution in [3.63, 3.8) is 0 Å². The summed E-state index contributed by atoms with van der Waals surface area (Å²) in [6.07, 6.45) is 0. The average molecular weight is 350 g/mol. The molecule has 7 nitrogen and oxygen atoms in total. The number of carbonyl (C=O) groups is 1. The molecule has 130 valence electrons. The van der Waals surface area contributed by atoms with Crippen molar-refractivity contribution in [2.75, 3.05) is 7.11 Å². The van der Waals surface area contributed by atoms with E-state index in [1.54, 1.807) is 22.8 Å². The molecule has 2 heterocycles. The van der Waals surface area contributed by atoms with Gasteiger partial charge in [0.1, 0.15) is 11.3 Å². The quantitative estimate of drug-likeness (QED) is 0.314. The third kappa shape index (κ3) is 2.50. The van der Waals surface area contributed by atoms with E-state index in [0.717, 1.165) is 10.9 Å².